The van der Waals surface area contributed by atoms with Crippen molar-refractivity contribution in [3.05, 3.63) is 34.9 Å². The van der Waals surface area contributed by atoms with E-state index in [9.17, 15) is 9.59 Å². The average Bonchev–Trinajstić information content (AvgIpc) is 2.40. The molecule has 1 amide bonds. The molecule has 1 aromatic rings. The molecule has 0 aromatic heterocycles. The summed E-state index contributed by atoms with van der Waals surface area (Å²) in [5.41, 5.74) is 2.76. The molecule has 1 heterocycles. The Morgan fingerprint density at radius 3 is 2.55 bits per heavy atom. The summed E-state index contributed by atoms with van der Waals surface area (Å²) in [7, 11) is 0. The number of carbonyl (C=O) groups is 2. The van der Waals surface area contributed by atoms with Gasteiger partial charge in [-0.3, -0.25) is 4.79 Å². The molecule has 0 saturated carbocycles. The van der Waals surface area contributed by atoms with E-state index in [1.807, 2.05) is 26.0 Å². The number of carboxylic acids is 1. The monoisotopic (exact) mass is 277 g/mol. The van der Waals surface area contributed by atoms with Crippen molar-refractivity contribution in [2.24, 2.45) is 0 Å². The second-order valence-corrected chi connectivity index (χ2v) is 5.28. The lowest BCUT2D eigenvalue weighted by atomic mass is 10.0. The average molecular weight is 277 g/mol. The van der Waals surface area contributed by atoms with Gasteiger partial charge in [0.2, 0.25) is 0 Å². The summed E-state index contributed by atoms with van der Waals surface area (Å²) in [5.74, 6) is -1.18. The van der Waals surface area contributed by atoms with Crippen LogP contribution in [0.4, 0.5) is 0 Å². The normalized spacial score (nSPS) is 22.6. The summed E-state index contributed by atoms with van der Waals surface area (Å²) in [6.07, 6.45) is -1.23. The van der Waals surface area contributed by atoms with Crippen LogP contribution in [0.1, 0.15) is 28.4 Å². The van der Waals surface area contributed by atoms with Crippen LogP contribution in [0.2, 0.25) is 0 Å². The first-order valence-corrected chi connectivity index (χ1v) is 6.63. The van der Waals surface area contributed by atoms with E-state index >= 15 is 0 Å². The number of carboxylic acid groups (broad SMARTS) is 1. The molecule has 1 N–H and O–H groups in total. The summed E-state index contributed by atoms with van der Waals surface area (Å²) in [5, 5.41) is 9.04. The predicted octanol–water partition coefficient (Wildman–Crippen LogP) is 1.62. The summed E-state index contributed by atoms with van der Waals surface area (Å²) in [4.78, 5) is 25.0. The number of hydrogen-bond donors (Lipinski definition) is 1. The van der Waals surface area contributed by atoms with E-state index < -0.39 is 12.1 Å². The quantitative estimate of drug-likeness (QED) is 0.892. The van der Waals surface area contributed by atoms with Crippen molar-refractivity contribution in [3.8, 4) is 0 Å². The fourth-order valence-electron chi connectivity index (χ4n) is 2.31. The molecule has 1 unspecified atom stereocenters. The number of nitrogens with zero attached hydrogens (tertiary/aromatic N) is 1. The molecule has 2 rings (SSSR count). The molecule has 5 heteroatoms. The van der Waals surface area contributed by atoms with E-state index in [4.69, 9.17) is 9.84 Å². The van der Waals surface area contributed by atoms with Gasteiger partial charge in [-0.25, -0.2) is 4.79 Å². The third-order valence-electron chi connectivity index (χ3n) is 3.58. The molecule has 5 nitrogen and oxygen atoms in total. The molecular weight excluding hydrogens is 258 g/mol. The first kappa shape index (κ1) is 14.5. The molecular formula is C15H19NO4. The number of ether oxygens (including phenoxy) is 1. The van der Waals surface area contributed by atoms with Crippen LogP contribution in [0.3, 0.4) is 0 Å². The van der Waals surface area contributed by atoms with Crippen molar-refractivity contribution in [2.45, 2.75) is 33.0 Å². The Hall–Kier alpha value is -1.88. The van der Waals surface area contributed by atoms with E-state index in [-0.39, 0.29) is 18.6 Å². The molecule has 1 fully saturated rings. The lowest BCUT2D eigenvalue weighted by Crippen LogP contribution is -2.51. The van der Waals surface area contributed by atoms with Gasteiger partial charge in [-0.1, -0.05) is 6.07 Å². The molecule has 2 atom stereocenters. The second kappa shape index (κ2) is 5.63. The van der Waals surface area contributed by atoms with Gasteiger partial charge in [-0.2, -0.15) is 0 Å². The molecule has 20 heavy (non-hydrogen) atoms. The zero-order valence-electron chi connectivity index (χ0n) is 11.9. The van der Waals surface area contributed by atoms with Gasteiger partial charge in [0.25, 0.3) is 5.91 Å². The molecule has 0 radical (unpaired) electrons. The molecule has 0 spiro atoms. The smallest absolute Gasteiger partial charge is 0.334 e. The maximum atomic E-state index is 12.5. The SMILES string of the molecule is Cc1ccc(C(=O)N2CC(C(=O)O)O[C@H](C)C2)cc1C. The van der Waals surface area contributed by atoms with Gasteiger partial charge in [-0.15, -0.1) is 0 Å². The van der Waals surface area contributed by atoms with Gasteiger partial charge in [0.15, 0.2) is 6.10 Å². The number of carbonyl (C=O) groups excluding carboxylic acids is 1. The Morgan fingerprint density at radius 2 is 1.95 bits per heavy atom. The van der Waals surface area contributed by atoms with Gasteiger partial charge in [-0.05, 0) is 44.0 Å². The highest BCUT2D eigenvalue weighted by atomic mass is 16.5. The van der Waals surface area contributed by atoms with Crippen molar-refractivity contribution >= 4 is 11.9 Å². The summed E-state index contributed by atoms with van der Waals surface area (Å²) in [6, 6.07) is 5.52. The Morgan fingerprint density at radius 1 is 1.25 bits per heavy atom. The third-order valence-corrected chi connectivity index (χ3v) is 3.58. The molecule has 1 aliphatic rings. The molecule has 1 aliphatic heterocycles. The molecule has 108 valence electrons. The van der Waals surface area contributed by atoms with Gasteiger partial charge < -0.3 is 14.7 Å². The van der Waals surface area contributed by atoms with Crippen LogP contribution in [0, 0.1) is 13.8 Å². The lowest BCUT2D eigenvalue weighted by molar-refractivity contribution is -0.160. The van der Waals surface area contributed by atoms with Crippen molar-refractivity contribution < 1.29 is 19.4 Å². The number of hydrogen-bond acceptors (Lipinski definition) is 3. The number of benzene rings is 1. The van der Waals surface area contributed by atoms with Crippen LogP contribution in [0.15, 0.2) is 18.2 Å². The maximum Gasteiger partial charge on any atom is 0.334 e. The Bertz CT molecular complexity index is 541. The zero-order valence-corrected chi connectivity index (χ0v) is 11.9. The van der Waals surface area contributed by atoms with Crippen LogP contribution >= 0.6 is 0 Å². The van der Waals surface area contributed by atoms with Crippen LogP contribution in [-0.4, -0.2) is 47.2 Å². The molecule has 1 saturated heterocycles. The first-order valence-electron chi connectivity index (χ1n) is 6.63. The predicted molar refractivity (Wildman–Crippen MR) is 73.8 cm³/mol. The van der Waals surface area contributed by atoms with Crippen LogP contribution in [0.25, 0.3) is 0 Å². The van der Waals surface area contributed by atoms with Gasteiger partial charge in [0, 0.05) is 12.1 Å². The minimum atomic E-state index is -1.03. The van der Waals surface area contributed by atoms with E-state index in [1.165, 1.54) is 0 Å². The number of aryl methyl sites for hydroxylation is 2. The number of morpholine rings is 1. The van der Waals surface area contributed by atoms with Crippen molar-refractivity contribution in [2.75, 3.05) is 13.1 Å². The topological polar surface area (TPSA) is 66.8 Å². The highest BCUT2D eigenvalue weighted by molar-refractivity contribution is 5.95. The number of rotatable bonds is 2. The Labute approximate surface area is 118 Å². The number of amides is 1. The zero-order chi connectivity index (χ0) is 14.9. The first-order chi connectivity index (χ1) is 9.38. The largest absolute Gasteiger partial charge is 0.479 e. The highest BCUT2D eigenvalue weighted by Crippen LogP contribution is 2.17. The van der Waals surface area contributed by atoms with E-state index in [0.717, 1.165) is 11.1 Å². The fourth-order valence-corrected chi connectivity index (χ4v) is 2.31. The molecule has 0 bridgehead atoms. The van der Waals surface area contributed by atoms with Gasteiger partial charge in [0.05, 0.1) is 12.6 Å². The maximum absolute atomic E-state index is 12.5. The Balaban J connectivity index is 2.19. The fraction of sp³-hybridized carbons (Fsp3) is 0.467. The van der Waals surface area contributed by atoms with Crippen molar-refractivity contribution in [1.29, 1.82) is 0 Å². The van der Waals surface area contributed by atoms with Crippen LogP contribution in [0.5, 0.6) is 0 Å². The number of aliphatic carboxylic acids is 1. The summed E-state index contributed by atoms with van der Waals surface area (Å²) < 4.78 is 5.31. The van der Waals surface area contributed by atoms with Crippen LogP contribution < -0.4 is 0 Å². The van der Waals surface area contributed by atoms with Crippen molar-refractivity contribution in [1.82, 2.24) is 4.90 Å². The second-order valence-electron chi connectivity index (χ2n) is 5.28. The standard InChI is InChI=1S/C15H19NO4/c1-9-4-5-12(6-10(9)2)14(17)16-7-11(3)20-13(8-16)15(18)19/h4-6,11,13H,7-8H2,1-3H3,(H,18,19)/t11-,13?/m1/s1. The van der Waals surface area contributed by atoms with E-state index in [2.05, 4.69) is 0 Å². The van der Waals surface area contributed by atoms with Crippen molar-refractivity contribution in [3.63, 3.8) is 0 Å². The van der Waals surface area contributed by atoms with E-state index in [1.54, 1.807) is 17.9 Å². The summed E-state index contributed by atoms with van der Waals surface area (Å²) >= 11 is 0. The third kappa shape index (κ3) is 2.99. The lowest BCUT2D eigenvalue weighted by Gasteiger charge is -2.35. The van der Waals surface area contributed by atoms with Gasteiger partial charge >= 0.3 is 5.97 Å². The van der Waals surface area contributed by atoms with Crippen LogP contribution in [-0.2, 0) is 9.53 Å². The highest BCUT2D eigenvalue weighted by Gasteiger charge is 2.32. The summed E-state index contributed by atoms with van der Waals surface area (Å²) in [6.45, 7) is 6.21. The Kier molecular flexibility index (Phi) is 4.09. The molecule has 0 aliphatic carbocycles. The van der Waals surface area contributed by atoms with Gasteiger partial charge in [0.1, 0.15) is 0 Å². The minimum Gasteiger partial charge on any atom is -0.479 e. The minimum absolute atomic E-state index is 0.0887. The van der Waals surface area contributed by atoms with E-state index in [0.29, 0.717) is 12.1 Å². The molecule has 1 aromatic carbocycles.